The fourth-order valence-corrected chi connectivity index (χ4v) is 2.39. The maximum absolute atomic E-state index is 8.86. The van der Waals surface area contributed by atoms with Gasteiger partial charge in [0.25, 0.3) is 0 Å². The van der Waals surface area contributed by atoms with Crippen molar-refractivity contribution >= 4 is 17.3 Å². The summed E-state index contributed by atoms with van der Waals surface area (Å²) < 4.78 is 0. The Hall–Kier alpha value is -0.110. The molecule has 0 rings (SSSR count). The maximum Gasteiger partial charge on any atom is 0.156 e. The Bertz CT molecular complexity index is 190. The SMILES string of the molecule is CC(C)CCCCCCCCCCCCC(O)=S. The highest BCUT2D eigenvalue weighted by Gasteiger charge is 1.96. The number of unbranched alkanes of at least 4 members (excludes halogenated alkanes) is 9. The topological polar surface area (TPSA) is 20.2 Å². The molecule has 0 aromatic heterocycles. The minimum Gasteiger partial charge on any atom is -0.502 e. The second-order valence-electron chi connectivity index (χ2n) is 5.86. The lowest BCUT2D eigenvalue weighted by Gasteiger charge is -2.04. The van der Waals surface area contributed by atoms with Crippen LogP contribution in [0.3, 0.4) is 0 Å². The summed E-state index contributed by atoms with van der Waals surface area (Å²) in [7, 11) is 0. The fraction of sp³-hybridized carbons (Fsp3) is 0.938. The average molecular weight is 272 g/mol. The zero-order valence-corrected chi connectivity index (χ0v) is 13.2. The van der Waals surface area contributed by atoms with Gasteiger partial charge in [-0.25, -0.2) is 0 Å². The van der Waals surface area contributed by atoms with Gasteiger partial charge in [-0.2, -0.15) is 0 Å². The van der Waals surface area contributed by atoms with E-state index in [9.17, 15) is 0 Å². The summed E-state index contributed by atoms with van der Waals surface area (Å²) in [5.41, 5.74) is 0. The van der Waals surface area contributed by atoms with Gasteiger partial charge in [-0.1, -0.05) is 78.1 Å². The van der Waals surface area contributed by atoms with E-state index in [1.165, 1.54) is 64.2 Å². The molecule has 0 aliphatic rings. The van der Waals surface area contributed by atoms with E-state index in [4.69, 9.17) is 5.11 Å². The predicted octanol–water partition coefficient (Wildman–Crippen LogP) is 6.21. The molecule has 0 bridgehead atoms. The number of hydrogen-bond acceptors (Lipinski definition) is 1. The van der Waals surface area contributed by atoms with Crippen molar-refractivity contribution in [2.75, 3.05) is 0 Å². The normalized spacial score (nSPS) is 11.1. The summed E-state index contributed by atoms with van der Waals surface area (Å²) in [6.45, 7) is 4.62. The zero-order chi connectivity index (χ0) is 13.6. The van der Waals surface area contributed by atoms with Gasteiger partial charge in [0, 0.05) is 6.42 Å². The quantitative estimate of drug-likeness (QED) is 0.318. The Morgan fingerprint density at radius 2 is 1.17 bits per heavy atom. The van der Waals surface area contributed by atoms with Crippen LogP contribution in [-0.4, -0.2) is 10.2 Å². The third-order valence-corrected chi connectivity index (χ3v) is 3.63. The molecule has 1 nitrogen and oxygen atoms in total. The van der Waals surface area contributed by atoms with E-state index in [0.29, 0.717) is 6.42 Å². The molecule has 0 saturated carbocycles. The van der Waals surface area contributed by atoms with Crippen LogP contribution in [0, 0.1) is 5.92 Å². The predicted molar refractivity (Wildman–Crippen MR) is 85.5 cm³/mol. The second-order valence-corrected chi connectivity index (χ2v) is 6.33. The van der Waals surface area contributed by atoms with Crippen LogP contribution in [0.2, 0.25) is 0 Å². The molecule has 0 heterocycles. The first-order valence-corrected chi connectivity index (χ1v) is 8.25. The molecule has 0 fully saturated rings. The molecule has 2 heteroatoms. The van der Waals surface area contributed by atoms with Crippen LogP contribution < -0.4 is 0 Å². The molecule has 0 saturated heterocycles. The monoisotopic (exact) mass is 272 g/mol. The van der Waals surface area contributed by atoms with Crippen LogP contribution >= 0.6 is 12.2 Å². The molecule has 0 amide bonds. The summed E-state index contributed by atoms with van der Waals surface area (Å²) in [6.07, 6.45) is 15.5. The highest BCUT2D eigenvalue weighted by molar-refractivity contribution is 7.80. The first-order chi connectivity index (χ1) is 8.63. The number of aliphatic hydroxyl groups is 1. The lowest BCUT2D eigenvalue weighted by atomic mass is 10.0. The lowest BCUT2D eigenvalue weighted by Crippen LogP contribution is -1.90. The third kappa shape index (κ3) is 15.9. The Balaban J connectivity index is 2.97. The zero-order valence-electron chi connectivity index (χ0n) is 12.4. The summed E-state index contributed by atoms with van der Waals surface area (Å²) in [5.74, 6) is 0.872. The van der Waals surface area contributed by atoms with Crippen molar-refractivity contribution in [2.45, 2.75) is 90.9 Å². The number of thiocarbonyl (C=S) groups is 1. The molecular formula is C16H32OS. The van der Waals surface area contributed by atoms with Crippen LogP contribution in [0.15, 0.2) is 0 Å². The van der Waals surface area contributed by atoms with Crippen LogP contribution in [0.5, 0.6) is 0 Å². The van der Waals surface area contributed by atoms with Crippen molar-refractivity contribution in [3.8, 4) is 0 Å². The standard InChI is InChI=1S/C16H32OS/c1-15(2)13-11-9-7-5-3-4-6-8-10-12-14-16(17)18/h15H,3-14H2,1-2H3,(H,17,18). The molecule has 0 aromatic rings. The Labute approximate surface area is 119 Å². The molecule has 0 aromatic carbocycles. The van der Waals surface area contributed by atoms with E-state index in [0.717, 1.165) is 12.3 Å². The van der Waals surface area contributed by atoms with Gasteiger partial charge in [0.2, 0.25) is 0 Å². The molecule has 0 unspecified atom stereocenters. The van der Waals surface area contributed by atoms with E-state index < -0.39 is 0 Å². The van der Waals surface area contributed by atoms with Crippen molar-refractivity contribution in [2.24, 2.45) is 5.92 Å². The van der Waals surface area contributed by atoms with Gasteiger partial charge in [-0.05, 0) is 24.6 Å². The number of aliphatic hydroxyl groups excluding tert-OH is 1. The fourth-order valence-electron chi connectivity index (χ4n) is 2.24. The Morgan fingerprint density at radius 3 is 1.56 bits per heavy atom. The summed E-state index contributed by atoms with van der Waals surface area (Å²) in [4.78, 5) is 0. The van der Waals surface area contributed by atoms with Gasteiger partial charge < -0.3 is 5.11 Å². The Morgan fingerprint density at radius 1 is 0.778 bits per heavy atom. The van der Waals surface area contributed by atoms with Gasteiger partial charge in [0.05, 0.1) is 0 Å². The molecule has 0 aliphatic heterocycles. The molecular weight excluding hydrogens is 240 g/mol. The summed E-state index contributed by atoms with van der Waals surface area (Å²) in [6, 6.07) is 0. The highest BCUT2D eigenvalue weighted by Crippen LogP contribution is 2.13. The third-order valence-electron chi connectivity index (χ3n) is 3.42. The first-order valence-electron chi connectivity index (χ1n) is 7.84. The van der Waals surface area contributed by atoms with Gasteiger partial charge >= 0.3 is 0 Å². The van der Waals surface area contributed by atoms with Crippen molar-refractivity contribution in [3.63, 3.8) is 0 Å². The molecule has 0 aliphatic carbocycles. The van der Waals surface area contributed by atoms with Crippen molar-refractivity contribution in [1.29, 1.82) is 0 Å². The van der Waals surface area contributed by atoms with Crippen LogP contribution in [0.4, 0.5) is 0 Å². The van der Waals surface area contributed by atoms with E-state index in [-0.39, 0.29) is 5.05 Å². The molecule has 0 atom stereocenters. The van der Waals surface area contributed by atoms with E-state index in [2.05, 4.69) is 26.1 Å². The smallest absolute Gasteiger partial charge is 0.156 e. The molecule has 108 valence electrons. The van der Waals surface area contributed by atoms with Gasteiger partial charge in [0.1, 0.15) is 0 Å². The first kappa shape index (κ1) is 17.9. The van der Waals surface area contributed by atoms with E-state index in [1.54, 1.807) is 0 Å². The minimum absolute atomic E-state index is 0.177. The van der Waals surface area contributed by atoms with Crippen molar-refractivity contribution in [3.05, 3.63) is 0 Å². The summed E-state index contributed by atoms with van der Waals surface area (Å²) in [5, 5.41) is 9.04. The molecule has 18 heavy (non-hydrogen) atoms. The summed E-state index contributed by atoms with van der Waals surface area (Å²) >= 11 is 4.64. The second kappa shape index (κ2) is 13.3. The minimum atomic E-state index is 0.177. The van der Waals surface area contributed by atoms with Crippen LogP contribution in [-0.2, 0) is 0 Å². The van der Waals surface area contributed by atoms with E-state index >= 15 is 0 Å². The van der Waals surface area contributed by atoms with Gasteiger partial charge in [-0.3, -0.25) is 0 Å². The van der Waals surface area contributed by atoms with Crippen LogP contribution in [0.25, 0.3) is 0 Å². The van der Waals surface area contributed by atoms with E-state index in [1.807, 2.05) is 0 Å². The lowest BCUT2D eigenvalue weighted by molar-refractivity contribution is 0.503. The Kier molecular flexibility index (Phi) is 13.2. The van der Waals surface area contributed by atoms with Crippen molar-refractivity contribution < 1.29 is 5.11 Å². The van der Waals surface area contributed by atoms with Crippen molar-refractivity contribution in [1.82, 2.24) is 0 Å². The largest absolute Gasteiger partial charge is 0.502 e. The number of rotatable bonds is 13. The van der Waals surface area contributed by atoms with Crippen LogP contribution in [0.1, 0.15) is 90.9 Å². The van der Waals surface area contributed by atoms with Gasteiger partial charge in [-0.15, -0.1) is 0 Å². The molecule has 0 spiro atoms. The molecule has 1 N–H and O–H groups in total. The number of hydrogen-bond donors (Lipinski definition) is 1. The molecule has 0 radical (unpaired) electrons. The van der Waals surface area contributed by atoms with Gasteiger partial charge in [0.15, 0.2) is 5.05 Å². The average Bonchev–Trinajstić information content (AvgIpc) is 2.29. The highest BCUT2D eigenvalue weighted by atomic mass is 32.1. The maximum atomic E-state index is 8.86.